The molecule has 0 spiro atoms. The Morgan fingerprint density at radius 2 is 1.82 bits per heavy atom. The van der Waals surface area contributed by atoms with Gasteiger partial charge < -0.3 is 19.8 Å². The fourth-order valence-electron chi connectivity index (χ4n) is 2.69. The predicted molar refractivity (Wildman–Crippen MR) is 104 cm³/mol. The first-order valence-corrected chi connectivity index (χ1v) is 8.94. The minimum atomic E-state index is -0.484. The molecule has 146 valence electrons. The van der Waals surface area contributed by atoms with Crippen molar-refractivity contribution in [2.75, 3.05) is 18.5 Å². The number of carbonyl (C=O) groups excluding carboxylic acids is 2. The van der Waals surface area contributed by atoms with Crippen LogP contribution < -0.4 is 21.1 Å². The number of oxazole rings is 1. The van der Waals surface area contributed by atoms with Crippen LogP contribution in [0.3, 0.4) is 0 Å². The molecule has 0 bridgehead atoms. The van der Waals surface area contributed by atoms with Gasteiger partial charge >= 0.3 is 5.76 Å². The van der Waals surface area contributed by atoms with Crippen molar-refractivity contribution >= 4 is 28.6 Å². The highest BCUT2D eigenvalue weighted by atomic mass is 16.5. The smallest absolute Gasteiger partial charge is 0.419 e. The Morgan fingerprint density at radius 3 is 2.57 bits per heavy atom. The van der Waals surface area contributed by atoms with Crippen molar-refractivity contribution in [1.29, 1.82) is 0 Å². The zero-order valence-corrected chi connectivity index (χ0v) is 15.4. The van der Waals surface area contributed by atoms with E-state index >= 15 is 0 Å². The first-order valence-electron chi connectivity index (χ1n) is 8.94. The number of fused-ring (bicyclic) bond motifs is 1. The Morgan fingerprint density at radius 1 is 1.07 bits per heavy atom. The molecule has 0 aliphatic carbocycles. The fourth-order valence-corrected chi connectivity index (χ4v) is 2.69. The molecule has 8 nitrogen and oxygen atoms in total. The second kappa shape index (κ2) is 8.90. The van der Waals surface area contributed by atoms with Gasteiger partial charge in [-0.25, -0.2) is 4.79 Å². The van der Waals surface area contributed by atoms with Crippen LogP contribution in [-0.4, -0.2) is 29.5 Å². The van der Waals surface area contributed by atoms with Crippen molar-refractivity contribution < 1.29 is 18.7 Å². The van der Waals surface area contributed by atoms with E-state index in [4.69, 9.17) is 9.15 Å². The van der Waals surface area contributed by atoms with E-state index in [1.807, 2.05) is 13.0 Å². The maximum absolute atomic E-state index is 12.2. The number of nitrogens with zero attached hydrogens (tertiary/aromatic N) is 1. The molecule has 0 saturated carbocycles. The van der Waals surface area contributed by atoms with E-state index in [0.717, 1.165) is 0 Å². The Labute approximate surface area is 161 Å². The summed E-state index contributed by atoms with van der Waals surface area (Å²) in [5.74, 6) is -0.377. The Kier molecular flexibility index (Phi) is 6.11. The molecule has 3 rings (SSSR count). The van der Waals surface area contributed by atoms with E-state index in [1.54, 1.807) is 42.5 Å². The summed E-state index contributed by atoms with van der Waals surface area (Å²) < 4.78 is 11.9. The first kappa shape index (κ1) is 19.2. The molecule has 0 unspecified atom stereocenters. The summed E-state index contributed by atoms with van der Waals surface area (Å²) in [7, 11) is 0. The summed E-state index contributed by atoms with van der Waals surface area (Å²) in [6, 6.07) is 13.8. The standard InChI is InChI=1S/C20H21N3O5/c1-2-21-19(25)13-27-15-9-7-14(8-10-15)22-18(24)11-12-23-16-5-3-4-6-17(16)28-20(23)26/h3-10H,2,11-13H2,1H3,(H,21,25)(H,22,24). The number of aromatic nitrogens is 1. The lowest BCUT2D eigenvalue weighted by atomic mass is 10.3. The summed E-state index contributed by atoms with van der Waals surface area (Å²) in [4.78, 5) is 35.5. The van der Waals surface area contributed by atoms with Gasteiger partial charge in [-0.3, -0.25) is 14.2 Å². The quantitative estimate of drug-likeness (QED) is 0.620. The lowest BCUT2D eigenvalue weighted by Crippen LogP contribution is -2.28. The minimum absolute atomic E-state index is 0.0625. The summed E-state index contributed by atoms with van der Waals surface area (Å²) in [6.45, 7) is 2.54. The van der Waals surface area contributed by atoms with Gasteiger partial charge in [0, 0.05) is 25.2 Å². The van der Waals surface area contributed by atoms with Crippen molar-refractivity contribution in [2.24, 2.45) is 0 Å². The average Bonchev–Trinajstić information content (AvgIpc) is 3.01. The van der Waals surface area contributed by atoms with Gasteiger partial charge in [-0.2, -0.15) is 0 Å². The van der Waals surface area contributed by atoms with Crippen molar-refractivity contribution in [3.8, 4) is 5.75 Å². The fraction of sp³-hybridized carbons (Fsp3) is 0.250. The molecule has 1 aromatic heterocycles. The molecule has 0 aliphatic rings. The van der Waals surface area contributed by atoms with Crippen LogP contribution in [0.2, 0.25) is 0 Å². The number of hydrogen-bond acceptors (Lipinski definition) is 5. The van der Waals surface area contributed by atoms with Crippen LogP contribution in [0.1, 0.15) is 13.3 Å². The molecule has 2 amide bonds. The third-order valence-electron chi connectivity index (χ3n) is 4.02. The highest BCUT2D eigenvalue weighted by Gasteiger charge is 2.10. The average molecular weight is 383 g/mol. The molecular formula is C20H21N3O5. The zero-order valence-electron chi connectivity index (χ0n) is 15.4. The molecule has 2 aromatic carbocycles. The molecule has 28 heavy (non-hydrogen) atoms. The van der Waals surface area contributed by atoms with Crippen molar-refractivity contribution in [3.63, 3.8) is 0 Å². The highest BCUT2D eigenvalue weighted by molar-refractivity contribution is 5.90. The maximum atomic E-state index is 12.2. The van der Waals surface area contributed by atoms with Gasteiger partial charge in [-0.05, 0) is 43.3 Å². The number of amides is 2. The molecule has 0 saturated heterocycles. The van der Waals surface area contributed by atoms with Crippen LogP contribution in [-0.2, 0) is 16.1 Å². The van der Waals surface area contributed by atoms with Crippen LogP contribution in [0.15, 0.2) is 57.7 Å². The van der Waals surface area contributed by atoms with Crippen LogP contribution in [0, 0.1) is 0 Å². The number of hydrogen-bond donors (Lipinski definition) is 2. The summed E-state index contributed by atoms with van der Waals surface area (Å²) in [6.07, 6.45) is 0.124. The van der Waals surface area contributed by atoms with Gasteiger partial charge in [-0.15, -0.1) is 0 Å². The summed E-state index contributed by atoms with van der Waals surface area (Å²) >= 11 is 0. The van der Waals surface area contributed by atoms with Crippen molar-refractivity contribution in [2.45, 2.75) is 19.9 Å². The first-order chi connectivity index (χ1) is 13.6. The van der Waals surface area contributed by atoms with Gasteiger partial charge in [0.2, 0.25) is 5.91 Å². The van der Waals surface area contributed by atoms with Gasteiger partial charge in [0.05, 0.1) is 5.52 Å². The van der Waals surface area contributed by atoms with Crippen LogP contribution in [0.4, 0.5) is 5.69 Å². The van der Waals surface area contributed by atoms with Gasteiger partial charge in [0.15, 0.2) is 12.2 Å². The number of aryl methyl sites for hydroxylation is 1. The maximum Gasteiger partial charge on any atom is 0.419 e. The monoisotopic (exact) mass is 383 g/mol. The number of benzene rings is 2. The lowest BCUT2D eigenvalue weighted by Gasteiger charge is -2.08. The molecule has 8 heteroatoms. The number of carbonyl (C=O) groups is 2. The second-order valence-electron chi connectivity index (χ2n) is 6.05. The zero-order chi connectivity index (χ0) is 19.9. The number of rotatable bonds is 8. The number of para-hydroxylation sites is 2. The molecule has 2 N–H and O–H groups in total. The number of nitrogens with one attached hydrogen (secondary N) is 2. The van der Waals surface area contributed by atoms with E-state index in [9.17, 15) is 14.4 Å². The Bertz CT molecular complexity index is 1020. The minimum Gasteiger partial charge on any atom is -0.484 e. The predicted octanol–water partition coefficient (Wildman–Crippen LogP) is 2.14. The van der Waals surface area contributed by atoms with E-state index in [2.05, 4.69) is 10.6 Å². The lowest BCUT2D eigenvalue weighted by molar-refractivity contribution is -0.123. The number of likely N-dealkylation sites (N-methyl/N-ethyl adjacent to an activating group) is 1. The Balaban J connectivity index is 1.52. The normalized spacial score (nSPS) is 10.6. The molecule has 0 radical (unpaired) electrons. The molecular weight excluding hydrogens is 362 g/mol. The van der Waals surface area contributed by atoms with Crippen LogP contribution >= 0.6 is 0 Å². The highest BCUT2D eigenvalue weighted by Crippen LogP contribution is 2.16. The van der Waals surface area contributed by atoms with Gasteiger partial charge in [0.25, 0.3) is 5.91 Å². The third kappa shape index (κ3) is 4.79. The summed E-state index contributed by atoms with van der Waals surface area (Å²) in [5.41, 5.74) is 1.75. The van der Waals surface area contributed by atoms with E-state index in [0.29, 0.717) is 29.1 Å². The second-order valence-corrected chi connectivity index (χ2v) is 6.05. The van der Waals surface area contributed by atoms with Crippen molar-refractivity contribution in [1.82, 2.24) is 9.88 Å². The molecule has 1 heterocycles. The SMILES string of the molecule is CCNC(=O)COc1ccc(NC(=O)CCn2c(=O)oc3ccccc32)cc1. The third-order valence-corrected chi connectivity index (χ3v) is 4.02. The number of ether oxygens (including phenoxy) is 1. The molecule has 3 aromatic rings. The molecule has 0 aliphatic heterocycles. The topological polar surface area (TPSA) is 103 Å². The van der Waals surface area contributed by atoms with E-state index in [-0.39, 0.29) is 31.4 Å². The van der Waals surface area contributed by atoms with E-state index in [1.165, 1.54) is 4.57 Å². The summed E-state index contributed by atoms with van der Waals surface area (Å²) in [5, 5.41) is 5.41. The van der Waals surface area contributed by atoms with Crippen LogP contribution in [0.25, 0.3) is 11.1 Å². The van der Waals surface area contributed by atoms with Gasteiger partial charge in [-0.1, -0.05) is 12.1 Å². The van der Waals surface area contributed by atoms with E-state index < -0.39 is 5.76 Å². The van der Waals surface area contributed by atoms with Crippen molar-refractivity contribution in [3.05, 3.63) is 59.1 Å². The Hall–Kier alpha value is -3.55. The largest absolute Gasteiger partial charge is 0.484 e. The van der Waals surface area contributed by atoms with Crippen LogP contribution in [0.5, 0.6) is 5.75 Å². The molecule has 0 fully saturated rings. The number of anilines is 1. The van der Waals surface area contributed by atoms with Gasteiger partial charge in [0.1, 0.15) is 5.75 Å². The molecule has 0 atom stereocenters.